The Balaban J connectivity index is 2.09. The van der Waals surface area contributed by atoms with Crippen molar-refractivity contribution in [3.05, 3.63) is 59.7 Å². The summed E-state index contributed by atoms with van der Waals surface area (Å²) in [5.41, 5.74) is 5.14. The molecule has 1 heteroatoms. The fraction of sp³-hybridized carbons (Fsp3) is 0.0714. The second-order valence-corrected chi connectivity index (χ2v) is 3.75. The number of rotatable bonds is 1. The molecule has 1 nitrogen and oxygen atoms in total. The highest BCUT2D eigenvalue weighted by Crippen LogP contribution is 2.24. The highest BCUT2D eigenvalue weighted by atomic mass is 14.7. The van der Waals surface area contributed by atoms with Gasteiger partial charge in [-0.15, -0.1) is 0 Å². The second kappa shape index (κ2) is 3.35. The van der Waals surface area contributed by atoms with Gasteiger partial charge in [-0.3, -0.25) is 4.99 Å². The molecule has 2 aromatic rings. The van der Waals surface area contributed by atoms with Crippen LogP contribution in [0.3, 0.4) is 0 Å². The van der Waals surface area contributed by atoms with E-state index >= 15 is 0 Å². The summed E-state index contributed by atoms with van der Waals surface area (Å²) in [7, 11) is 0. The van der Waals surface area contributed by atoms with Gasteiger partial charge in [0, 0.05) is 6.21 Å². The van der Waals surface area contributed by atoms with Gasteiger partial charge in [0.1, 0.15) is 0 Å². The highest BCUT2D eigenvalue weighted by molar-refractivity contribution is 5.85. The smallest absolute Gasteiger partial charge is 0.0646 e. The van der Waals surface area contributed by atoms with E-state index in [4.69, 9.17) is 0 Å². The molecule has 0 spiro atoms. The van der Waals surface area contributed by atoms with Gasteiger partial charge < -0.3 is 0 Å². The van der Waals surface area contributed by atoms with Crippen molar-refractivity contribution in [2.75, 3.05) is 0 Å². The van der Waals surface area contributed by atoms with Crippen molar-refractivity contribution in [2.24, 2.45) is 4.99 Å². The lowest BCUT2D eigenvalue weighted by atomic mass is 10.0. The van der Waals surface area contributed by atoms with E-state index in [1.54, 1.807) is 0 Å². The maximum atomic E-state index is 4.26. The van der Waals surface area contributed by atoms with E-state index in [2.05, 4.69) is 47.5 Å². The molecule has 0 fully saturated rings. The third kappa shape index (κ3) is 1.46. The Morgan fingerprint density at radius 3 is 2.60 bits per heavy atom. The molecule has 0 amide bonds. The summed E-state index contributed by atoms with van der Waals surface area (Å²) >= 11 is 0. The van der Waals surface area contributed by atoms with Crippen molar-refractivity contribution in [1.82, 2.24) is 0 Å². The van der Waals surface area contributed by atoms with Crippen LogP contribution in [0.15, 0.2) is 53.5 Å². The first kappa shape index (κ1) is 8.42. The third-order valence-corrected chi connectivity index (χ3v) is 2.74. The minimum absolute atomic E-state index is 0.829. The van der Waals surface area contributed by atoms with Crippen molar-refractivity contribution < 1.29 is 0 Å². The molecule has 15 heavy (non-hydrogen) atoms. The SMILES string of the molecule is C1=NCc2cc(-c3ccccc3)ccc21. The van der Waals surface area contributed by atoms with Crippen molar-refractivity contribution in [3.63, 3.8) is 0 Å². The molecule has 2 aromatic carbocycles. The van der Waals surface area contributed by atoms with Crippen LogP contribution in [0.2, 0.25) is 0 Å². The van der Waals surface area contributed by atoms with Crippen LogP contribution < -0.4 is 0 Å². The number of fused-ring (bicyclic) bond motifs is 1. The van der Waals surface area contributed by atoms with Gasteiger partial charge in [-0.05, 0) is 28.3 Å². The van der Waals surface area contributed by atoms with E-state index in [-0.39, 0.29) is 0 Å². The summed E-state index contributed by atoms with van der Waals surface area (Å²) in [6.45, 7) is 0.829. The van der Waals surface area contributed by atoms with E-state index in [1.807, 2.05) is 12.3 Å². The van der Waals surface area contributed by atoms with Crippen LogP contribution in [0.25, 0.3) is 11.1 Å². The Bertz CT molecular complexity index is 512. The number of hydrogen-bond donors (Lipinski definition) is 0. The molecule has 0 saturated heterocycles. The standard InChI is InChI=1S/C14H11N/c1-2-4-11(5-3-1)12-6-7-13-9-15-10-14(13)8-12/h1-9H,10H2. The Hall–Kier alpha value is -1.89. The van der Waals surface area contributed by atoms with E-state index < -0.39 is 0 Å². The monoisotopic (exact) mass is 193 g/mol. The first-order valence-corrected chi connectivity index (χ1v) is 5.12. The zero-order chi connectivity index (χ0) is 10.1. The van der Waals surface area contributed by atoms with Gasteiger partial charge in [-0.25, -0.2) is 0 Å². The second-order valence-electron chi connectivity index (χ2n) is 3.75. The van der Waals surface area contributed by atoms with Gasteiger partial charge in [0.15, 0.2) is 0 Å². The summed E-state index contributed by atoms with van der Waals surface area (Å²) in [6, 6.07) is 17.0. The average Bonchev–Trinajstić information content (AvgIpc) is 2.77. The van der Waals surface area contributed by atoms with Crippen LogP contribution in [0, 0.1) is 0 Å². The summed E-state index contributed by atoms with van der Waals surface area (Å²) in [5.74, 6) is 0. The molecule has 72 valence electrons. The molecule has 0 bridgehead atoms. The van der Waals surface area contributed by atoms with Crippen molar-refractivity contribution in [1.29, 1.82) is 0 Å². The molecular formula is C14H11N. The average molecular weight is 193 g/mol. The van der Waals surface area contributed by atoms with Gasteiger partial charge in [0.2, 0.25) is 0 Å². The predicted molar refractivity (Wildman–Crippen MR) is 63.2 cm³/mol. The molecule has 0 saturated carbocycles. The van der Waals surface area contributed by atoms with Gasteiger partial charge >= 0.3 is 0 Å². The van der Waals surface area contributed by atoms with Crippen LogP contribution in [0.4, 0.5) is 0 Å². The summed E-state index contributed by atoms with van der Waals surface area (Å²) in [4.78, 5) is 4.26. The molecule has 0 atom stereocenters. The van der Waals surface area contributed by atoms with E-state index in [0.717, 1.165) is 6.54 Å². The lowest BCUT2D eigenvalue weighted by molar-refractivity contribution is 1.11. The number of aliphatic imine (C=N–C) groups is 1. The molecule has 0 aliphatic carbocycles. The van der Waals surface area contributed by atoms with Crippen molar-refractivity contribution >= 4 is 6.21 Å². The molecule has 0 aromatic heterocycles. The topological polar surface area (TPSA) is 12.4 Å². The maximum absolute atomic E-state index is 4.26. The zero-order valence-electron chi connectivity index (χ0n) is 8.35. The quantitative estimate of drug-likeness (QED) is 0.659. The summed E-state index contributed by atoms with van der Waals surface area (Å²) < 4.78 is 0. The Labute approximate surface area is 89.1 Å². The van der Waals surface area contributed by atoms with Crippen LogP contribution in [0.1, 0.15) is 11.1 Å². The molecule has 0 unspecified atom stereocenters. The first-order valence-electron chi connectivity index (χ1n) is 5.12. The fourth-order valence-electron chi connectivity index (χ4n) is 1.92. The van der Waals surface area contributed by atoms with Crippen LogP contribution in [-0.4, -0.2) is 6.21 Å². The minimum Gasteiger partial charge on any atom is -0.288 e. The van der Waals surface area contributed by atoms with E-state index in [9.17, 15) is 0 Å². The highest BCUT2D eigenvalue weighted by Gasteiger charge is 2.06. The lowest BCUT2D eigenvalue weighted by Crippen LogP contribution is -1.85. The van der Waals surface area contributed by atoms with Gasteiger partial charge in [-0.1, -0.05) is 42.5 Å². The predicted octanol–water partition coefficient (Wildman–Crippen LogP) is 3.29. The fourth-order valence-corrected chi connectivity index (χ4v) is 1.92. The van der Waals surface area contributed by atoms with Crippen molar-refractivity contribution in [2.45, 2.75) is 6.54 Å². The van der Waals surface area contributed by atoms with Crippen LogP contribution >= 0.6 is 0 Å². The summed E-state index contributed by atoms with van der Waals surface area (Å²) in [6.07, 6.45) is 1.95. The van der Waals surface area contributed by atoms with E-state index in [1.165, 1.54) is 22.3 Å². The molecule has 1 aliphatic heterocycles. The Morgan fingerprint density at radius 1 is 0.867 bits per heavy atom. The lowest BCUT2D eigenvalue weighted by Gasteiger charge is -2.03. The molecule has 0 radical (unpaired) electrons. The van der Waals surface area contributed by atoms with Crippen LogP contribution in [0.5, 0.6) is 0 Å². The van der Waals surface area contributed by atoms with Gasteiger partial charge in [0.25, 0.3) is 0 Å². The summed E-state index contributed by atoms with van der Waals surface area (Å²) in [5, 5.41) is 0. The van der Waals surface area contributed by atoms with Crippen LogP contribution in [-0.2, 0) is 6.54 Å². The van der Waals surface area contributed by atoms with Gasteiger partial charge in [-0.2, -0.15) is 0 Å². The molecule has 1 aliphatic rings. The minimum atomic E-state index is 0.829. The maximum Gasteiger partial charge on any atom is 0.0646 e. The number of hydrogen-bond acceptors (Lipinski definition) is 1. The first-order chi connectivity index (χ1) is 7.43. The van der Waals surface area contributed by atoms with Crippen molar-refractivity contribution in [3.8, 4) is 11.1 Å². The number of benzene rings is 2. The normalized spacial score (nSPS) is 12.8. The number of nitrogens with zero attached hydrogens (tertiary/aromatic N) is 1. The molecule has 1 heterocycles. The van der Waals surface area contributed by atoms with E-state index in [0.29, 0.717) is 0 Å². The zero-order valence-corrected chi connectivity index (χ0v) is 8.35. The Kier molecular flexibility index (Phi) is 1.88. The largest absolute Gasteiger partial charge is 0.288 e. The van der Waals surface area contributed by atoms with Gasteiger partial charge in [0.05, 0.1) is 6.54 Å². The molecule has 0 N–H and O–H groups in total. The molecular weight excluding hydrogens is 182 g/mol. The molecule has 3 rings (SSSR count). The third-order valence-electron chi connectivity index (χ3n) is 2.74. The Morgan fingerprint density at radius 2 is 1.73 bits per heavy atom.